The zero-order valence-electron chi connectivity index (χ0n) is 28.7. The highest BCUT2D eigenvalue weighted by Gasteiger charge is 2.24. The molecule has 0 saturated heterocycles. The van der Waals surface area contributed by atoms with Crippen molar-refractivity contribution in [3.05, 3.63) is 188 Å². The Morgan fingerprint density at radius 3 is 1.77 bits per heavy atom. The van der Waals surface area contributed by atoms with Gasteiger partial charge in [0.2, 0.25) is 0 Å². The maximum atomic E-state index is 6.72. The van der Waals surface area contributed by atoms with Gasteiger partial charge in [-0.25, -0.2) is 0 Å². The molecule has 0 aliphatic heterocycles. The molecular formula is C50H31NO2. The molecule has 0 fully saturated rings. The van der Waals surface area contributed by atoms with E-state index in [1.54, 1.807) is 0 Å². The summed E-state index contributed by atoms with van der Waals surface area (Å²) >= 11 is 0. The van der Waals surface area contributed by atoms with Gasteiger partial charge in [0.25, 0.3) is 0 Å². The number of para-hydroxylation sites is 2. The number of nitrogens with zero attached hydrogens (tertiary/aromatic N) is 1. The third kappa shape index (κ3) is 4.61. The fraction of sp³-hybridized carbons (Fsp3) is 0. The highest BCUT2D eigenvalue weighted by Crippen LogP contribution is 2.48. The highest BCUT2D eigenvalue weighted by atomic mass is 16.3. The molecule has 248 valence electrons. The molecule has 0 aliphatic rings. The Labute approximate surface area is 305 Å². The molecule has 0 atom stereocenters. The van der Waals surface area contributed by atoms with Crippen molar-refractivity contribution >= 4 is 82.5 Å². The number of anilines is 3. The monoisotopic (exact) mass is 677 g/mol. The number of furan rings is 2. The molecule has 53 heavy (non-hydrogen) atoms. The quantitative estimate of drug-likeness (QED) is 0.182. The molecule has 9 aromatic carbocycles. The number of hydrogen-bond donors (Lipinski definition) is 0. The van der Waals surface area contributed by atoms with Crippen molar-refractivity contribution in [2.45, 2.75) is 0 Å². The molecule has 0 unspecified atom stereocenters. The Kier molecular flexibility index (Phi) is 6.55. The molecular weight excluding hydrogens is 647 g/mol. The van der Waals surface area contributed by atoms with Crippen LogP contribution in [0.3, 0.4) is 0 Å². The maximum absolute atomic E-state index is 6.72. The second-order valence-corrected chi connectivity index (χ2v) is 13.6. The van der Waals surface area contributed by atoms with Gasteiger partial charge in [-0.2, -0.15) is 0 Å². The normalized spacial score (nSPS) is 11.8. The lowest BCUT2D eigenvalue weighted by Crippen LogP contribution is -2.11. The number of rotatable bonds is 5. The van der Waals surface area contributed by atoms with Crippen molar-refractivity contribution in [2.75, 3.05) is 4.90 Å². The predicted molar refractivity (Wildman–Crippen MR) is 222 cm³/mol. The van der Waals surface area contributed by atoms with E-state index in [-0.39, 0.29) is 0 Å². The van der Waals surface area contributed by atoms with Crippen molar-refractivity contribution in [3.63, 3.8) is 0 Å². The van der Waals surface area contributed by atoms with Crippen LogP contribution >= 0.6 is 0 Å². The van der Waals surface area contributed by atoms with Gasteiger partial charge in [-0.3, -0.25) is 0 Å². The summed E-state index contributed by atoms with van der Waals surface area (Å²) in [5.74, 6) is 0. The molecule has 2 heterocycles. The van der Waals surface area contributed by atoms with Crippen molar-refractivity contribution in [1.29, 1.82) is 0 Å². The Morgan fingerprint density at radius 1 is 0.321 bits per heavy atom. The minimum atomic E-state index is 0.853. The van der Waals surface area contributed by atoms with Gasteiger partial charge >= 0.3 is 0 Å². The summed E-state index contributed by atoms with van der Waals surface area (Å²) in [6.45, 7) is 0. The lowest BCUT2D eigenvalue weighted by atomic mass is 9.96. The van der Waals surface area contributed by atoms with Gasteiger partial charge in [0.05, 0.1) is 16.8 Å². The van der Waals surface area contributed by atoms with Crippen LogP contribution in [-0.4, -0.2) is 0 Å². The van der Waals surface area contributed by atoms with Crippen LogP contribution in [-0.2, 0) is 0 Å². The number of benzene rings is 9. The van der Waals surface area contributed by atoms with Crippen LogP contribution in [0.1, 0.15) is 0 Å². The van der Waals surface area contributed by atoms with Gasteiger partial charge < -0.3 is 13.7 Å². The first-order valence-corrected chi connectivity index (χ1v) is 18.0. The average molecular weight is 678 g/mol. The van der Waals surface area contributed by atoms with E-state index in [2.05, 4.69) is 181 Å². The number of hydrogen-bond acceptors (Lipinski definition) is 3. The van der Waals surface area contributed by atoms with E-state index in [0.717, 1.165) is 82.8 Å². The van der Waals surface area contributed by atoms with Gasteiger partial charge in [0.15, 0.2) is 0 Å². The van der Waals surface area contributed by atoms with E-state index in [4.69, 9.17) is 8.83 Å². The van der Waals surface area contributed by atoms with Crippen LogP contribution in [0.25, 0.3) is 87.7 Å². The highest BCUT2D eigenvalue weighted by molar-refractivity contribution is 6.20. The molecule has 11 aromatic rings. The summed E-state index contributed by atoms with van der Waals surface area (Å²) in [6.07, 6.45) is 0. The minimum absolute atomic E-state index is 0.853. The zero-order valence-corrected chi connectivity index (χ0v) is 28.7. The Bertz CT molecular complexity index is 3180. The summed E-state index contributed by atoms with van der Waals surface area (Å²) in [5, 5.41) is 9.13. The lowest BCUT2D eigenvalue weighted by molar-refractivity contribution is 0.669. The average Bonchev–Trinajstić information content (AvgIpc) is 3.81. The van der Waals surface area contributed by atoms with Crippen LogP contribution in [0, 0.1) is 0 Å². The SMILES string of the molecule is c1ccc(N(c2ccc(-c3cccc4ccccc34)cc2)c2cccc3oc4c5ccccc5ccc4c23)c(-c2cccc3oc4ccccc4c23)c1. The zero-order chi connectivity index (χ0) is 34.9. The molecule has 0 saturated carbocycles. The van der Waals surface area contributed by atoms with Crippen molar-refractivity contribution in [3.8, 4) is 22.3 Å². The van der Waals surface area contributed by atoms with Crippen molar-refractivity contribution in [2.24, 2.45) is 0 Å². The Balaban J connectivity index is 1.18. The predicted octanol–water partition coefficient (Wildman–Crippen LogP) is 14.6. The first-order valence-electron chi connectivity index (χ1n) is 18.0. The van der Waals surface area contributed by atoms with Crippen molar-refractivity contribution in [1.82, 2.24) is 0 Å². The molecule has 0 aliphatic carbocycles. The largest absolute Gasteiger partial charge is 0.456 e. The van der Waals surface area contributed by atoms with Crippen LogP contribution in [0.2, 0.25) is 0 Å². The molecule has 0 radical (unpaired) electrons. The fourth-order valence-electron chi connectivity index (χ4n) is 8.29. The molecule has 0 N–H and O–H groups in total. The van der Waals surface area contributed by atoms with Gasteiger partial charge in [-0.05, 0) is 81.4 Å². The van der Waals surface area contributed by atoms with Crippen LogP contribution < -0.4 is 4.90 Å². The van der Waals surface area contributed by atoms with Crippen molar-refractivity contribution < 1.29 is 8.83 Å². The van der Waals surface area contributed by atoms with Gasteiger partial charge in [0, 0.05) is 32.8 Å². The van der Waals surface area contributed by atoms with E-state index in [1.807, 2.05) is 12.1 Å². The smallest absolute Gasteiger partial charge is 0.143 e. The van der Waals surface area contributed by atoms with E-state index >= 15 is 0 Å². The number of fused-ring (bicyclic) bond motifs is 9. The molecule has 11 rings (SSSR count). The van der Waals surface area contributed by atoms with Crippen LogP contribution in [0.4, 0.5) is 17.1 Å². The van der Waals surface area contributed by atoms with Gasteiger partial charge in [-0.15, -0.1) is 0 Å². The van der Waals surface area contributed by atoms with E-state index in [1.165, 1.54) is 21.9 Å². The van der Waals surface area contributed by atoms with E-state index < -0.39 is 0 Å². The lowest BCUT2D eigenvalue weighted by Gasteiger charge is -2.29. The molecule has 0 amide bonds. The van der Waals surface area contributed by atoms with Gasteiger partial charge in [0.1, 0.15) is 22.3 Å². The first kappa shape index (κ1) is 29.6. The first-order chi connectivity index (χ1) is 26.3. The fourth-order valence-corrected chi connectivity index (χ4v) is 8.29. The summed E-state index contributed by atoms with van der Waals surface area (Å²) in [7, 11) is 0. The van der Waals surface area contributed by atoms with E-state index in [9.17, 15) is 0 Å². The van der Waals surface area contributed by atoms with Crippen LogP contribution in [0.15, 0.2) is 197 Å². The van der Waals surface area contributed by atoms with Crippen LogP contribution in [0.5, 0.6) is 0 Å². The summed E-state index contributed by atoms with van der Waals surface area (Å²) in [5.41, 5.74) is 11.3. The molecule has 3 nitrogen and oxygen atoms in total. The molecule has 0 bridgehead atoms. The topological polar surface area (TPSA) is 29.5 Å². The summed E-state index contributed by atoms with van der Waals surface area (Å²) in [4.78, 5) is 2.40. The second kappa shape index (κ2) is 11.7. The third-order valence-electron chi connectivity index (χ3n) is 10.7. The Hall–Kier alpha value is -7.10. The minimum Gasteiger partial charge on any atom is -0.456 e. The van der Waals surface area contributed by atoms with Gasteiger partial charge in [-0.1, -0.05) is 140 Å². The second-order valence-electron chi connectivity index (χ2n) is 13.6. The Morgan fingerprint density at radius 2 is 0.906 bits per heavy atom. The standard InChI is InChI=1S/C50H31NO2/c1-3-15-36-32(12-1)14-9-19-37(36)34-26-29-35(30-27-34)51(44-22-11-25-47-49(44)42-31-28-33-13-2-4-16-38(33)50(42)53-47)43-21-7-5-17-39(43)40-20-10-24-46-48(40)41-18-6-8-23-45(41)52-46/h1-31H. The molecule has 0 spiro atoms. The molecule has 2 aromatic heterocycles. The summed E-state index contributed by atoms with van der Waals surface area (Å²) in [6, 6.07) is 66.8. The summed E-state index contributed by atoms with van der Waals surface area (Å²) < 4.78 is 13.1. The maximum Gasteiger partial charge on any atom is 0.143 e. The third-order valence-corrected chi connectivity index (χ3v) is 10.7. The van der Waals surface area contributed by atoms with E-state index in [0.29, 0.717) is 0 Å². The molecule has 3 heteroatoms.